The van der Waals surface area contributed by atoms with Crippen LogP contribution in [0.1, 0.15) is 31.7 Å². The molecule has 1 aromatic rings. The fourth-order valence-corrected chi connectivity index (χ4v) is 1.77. The maximum Gasteiger partial charge on any atom is 0.416 e. The van der Waals surface area contributed by atoms with Gasteiger partial charge in [-0.15, -0.1) is 0 Å². The summed E-state index contributed by atoms with van der Waals surface area (Å²) < 4.78 is 37.7. The summed E-state index contributed by atoms with van der Waals surface area (Å²) in [6.45, 7) is 2.53. The molecule has 122 valence electrons. The van der Waals surface area contributed by atoms with Gasteiger partial charge >= 0.3 is 6.18 Å². The standard InChI is InChI=1S/C15H19F3N2O2/c1-3-4-8-20(2)14(22)10-13(21)19-12-7-5-6-11(9-12)15(16,17)18/h5-7,9H,3-4,8,10H2,1-2H3,(H,19,21). The summed E-state index contributed by atoms with van der Waals surface area (Å²) in [5.74, 6) is -0.995. The van der Waals surface area contributed by atoms with Crippen molar-refractivity contribution in [1.82, 2.24) is 4.90 Å². The molecule has 0 bridgehead atoms. The summed E-state index contributed by atoms with van der Waals surface area (Å²) >= 11 is 0. The molecule has 7 heteroatoms. The Labute approximate surface area is 127 Å². The van der Waals surface area contributed by atoms with E-state index in [1.165, 1.54) is 17.0 Å². The zero-order valence-electron chi connectivity index (χ0n) is 12.5. The Bertz CT molecular complexity index is 530. The number of amides is 2. The second-order valence-electron chi connectivity index (χ2n) is 4.97. The van der Waals surface area contributed by atoms with Gasteiger partial charge in [0.15, 0.2) is 0 Å². The van der Waals surface area contributed by atoms with Crippen LogP contribution in [0.25, 0.3) is 0 Å². The van der Waals surface area contributed by atoms with Crippen LogP contribution < -0.4 is 5.32 Å². The molecule has 0 heterocycles. The summed E-state index contributed by atoms with van der Waals surface area (Å²) in [5.41, 5.74) is -0.833. The minimum absolute atomic E-state index is 0.0174. The highest BCUT2D eigenvalue weighted by atomic mass is 19.4. The Kier molecular flexibility index (Phi) is 6.39. The van der Waals surface area contributed by atoms with E-state index in [0.29, 0.717) is 6.54 Å². The Balaban J connectivity index is 2.60. The molecule has 1 rings (SSSR count). The number of benzene rings is 1. The van der Waals surface area contributed by atoms with E-state index in [1.807, 2.05) is 6.92 Å². The molecule has 0 unspecified atom stereocenters. The lowest BCUT2D eigenvalue weighted by molar-refractivity contribution is -0.138. The molecule has 0 saturated heterocycles. The van der Waals surface area contributed by atoms with Crippen LogP contribution in [-0.2, 0) is 15.8 Å². The van der Waals surface area contributed by atoms with Crippen molar-refractivity contribution in [2.24, 2.45) is 0 Å². The fraction of sp³-hybridized carbons (Fsp3) is 0.467. The van der Waals surface area contributed by atoms with E-state index in [4.69, 9.17) is 0 Å². The third-order valence-corrected chi connectivity index (χ3v) is 3.06. The van der Waals surface area contributed by atoms with Gasteiger partial charge < -0.3 is 10.2 Å². The average Bonchev–Trinajstić information content (AvgIpc) is 2.43. The maximum absolute atomic E-state index is 12.6. The van der Waals surface area contributed by atoms with Gasteiger partial charge in [0.05, 0.1) is 5.56 Å². The predicted octanol–water partition coefficient (Wildman–Crippen LogP) is 3.29. The van der Waals surface area contributed by atoms with Crippen molar-refractivity contribution in [2.75, 3.05) is 18.9 Å². The summed E-state index contributed by atoms with van der Waals surface area (Å²) in [6, 6.07) is 4.30. The van der Waals surface area contributed by atoms with E-state index >= 15 is 0 Å². The van der Waals surface area contributed by atoms with Gasteiger partial charge in [0.2, 0.25) is 11.8 Å². The molecule has 0 spiro atoms. The highest BCUT2D eigenvalue weighted by Crippen LogP contribution is 2.30. The van der Waals surface area contributed by atoms with E-state index < -0.39 is 24.1 Å². The first-order chi connectivity index (χ1) is 10.2. The van der Waals surface area contributed by atoms with Crippen molar-refractivity contribution in [3.63, 3.8) is 0 Å². The first-order valence-electron chi connectivity index (χ1n) is 6.95. The zero-order chi connectivity index (χ0) is 16.8. The summed E-state index contributed by atoms with van der Waals surface area (Å²) in [4.78, 5) is 24.9. The molecule has 2 amide bonds. The molecule has 0 aliphatic carbocycles. The van der Waals surface area contributed by atoms with Crippen LogP contribution in [0.2, 0.25) is 0 Å². The normalized spacial score (nSPS) is 11.1. The SMILES string of the molecule is CCCCN(C)C(=O)CC(=O)Nc1cccc(C(F)(F)F)c1. The number of nitrogens with one attached hydrogen (secondary N) is 1. The molecular formula is C15H19F3N2O2. The van der Waals surface area contributed by atoms with Gasteiger partial charge in [-0.1, -0.05) is 19.4 Å². The number of anilines is 1. The van der Waals surface area contributed by atoms with Gasteiger partial charge in [-0.2, -0.15) is 13.2 Å². The molecule has 0 saturated carbocycles. The number of carbonyl (C=O) groups is 2. The number of carbonyl (C=O) groups excluding carboxylic acids is 2. The Hall–Kier alpha value is -2.05. The second-order valence-corrected chi connectivity index (χ2v) is 4.97. The third-order valence-electron chi connectivity index (χ3n) is 3.06. The van der Waals surface area contributed by atoms with Gasteiger partial charge in [-0.05, 0) is 24.6 Å². The van der Waals surface area contributed by atoms with E-state index in [0.717, 1.165) is 25.0 Å². The molecule has 22 heavy (non-hydrogen) atoms. The molecule has 0 fully saturated rings. The molecule has 4 nitrogen and oxygen atoms in total. The molecule has 1 N–H and O–H groups in total. The Morgan fingerprint density at radius 3 is 2.55 bits per heavy atom. The molecule has 0 radical (unpaired) electrons. The van der Waals surface area contributed by atoms with Crippen LogP contribution in [0.5, 0.6) is 0 Å². The number of halogens is 3. The molecule has 1 aromatic carbocycles. The first-order valence-corrected chi connectivity index (χ1v) is 6.95. The lowest BCUT2D eigenvalue weighted by Gasteiger charge is -2.16. The topological polar surface area (TPSA) is 49.4 Å². The van der Waals surface area contributed by atoms with Crippen molar-refractivity contribution in [3.8, 4) is 0 Å². The van der Waals surface area contributed by atoms with Crippen LogP contribution in [0.15, 0.2) is 24.3 Å². The molecule has 0 aliphatic heterocycles. The lowest BCUT2D eigenvalue weighted by atomic mass is 10.2. The van der Waals surface area contributed by atoms with Crippen molar-refractivity contribution >= 4 is 17.5 Å². The van der Waals surface area contributed by atoms with E-state index in [1.54, 1.807) is 7.05 Å². The molecular weight excluding hydrogens is 297 g/mol. The van der Waals surface area contributed by atoms with E-state index in [9.17, 15) is 22.8 Å². The van der Waals surface area contributed by atoms with Gasteiger partial charge in [-0.3, -0.25) is 9.59 Å². The number of alkyl halides is 3. The third kappa shape index (κ3) is 5.75. The first kappa shape index (κ1) is 18.0. The quantitative estimate of drug-likeness (QED) is 0.819. The number of unbranched alkanes of at least 4 members (excludes halogenated alkanes) is 1. The Morgan fingerprint density at radius 1 is 1.27 bits per heavy atom. The number of rotatable bonds is 6. The number of hydrogen-bond donors (Lipinski definition) is 1. The van der Waals surface area contributed by atoms with Crippen molar-refractivity contribution < 1.29 is 22.8 Å². The van der Waals surface area contributed by atoms with Crippen LogP contribution in [-0.4, -0.2) is 30.3 Å². The minimum atomic E-state index is -4.48. The molecule has 0 atom stereocenters. The monoisotopic (exact) mass is 316 g/mol. The average molecular weight is 316 g/mol. The number of nitrogens with zero attached hydrogens (tertiary/aromatic N) is 1. The Morgan fingerprint density at radius 2 is 1.95 bits per heavy atom. The lowest BCUT2D eigenvalue weighted by Crippen LogP contribution is -2.31. The molecule has 0 aliphatic rings. The smallest absolute Gasteiger partial charge is 0.345 e. The van der Waals surface area contributed by atoms with Crippen molar-refractivity contribution in [2.45, 2.75) is 32.4 Å². The van der Waals surface area contributed by atoms with Crippen molar-refractivity contribution in [3.05, 3.63) is 29.8 Å². The molecule has 0 aromatic heterocycles. The minimum Gasteiger partial charge on any atom is -0.345 e. The summed E-state index contributed by atoms with van der Waals surface area (Å²) in [7, 11) is 1.59. The predicted molar refractivity (Wildman–Crippen MR) is 77.2 cm³/mol. The van der Waals surface area contributed by atoms with Crippen LogP contribution in [0.3, 0.4) is 0 Å². The number of hydrogen-bond acceptors (Lipinski definition) is 2. The van der Waals surface area contributed by atoms with Crippen LogP contribution in [0.4, 0.5) is 18.9 Å². The van der Waals surface area contributed by atoms with Gasteiger partial charge in [0.25, 0.3) is 0 Å². The van der Waals surface area contributed by atoms with Crippen LogP contribution >= 0.6 is 0 Å². The van der Waals surface area contributed by atoms with Gasteiger partial charge in [0, 0.05) is 19.3 Å². The zero-order valence-corrected chi connectivity index (χ0v) is 12.5. The van der Waals surface area contributed by atoms with E-state index in [2.05, 4.69) is 5.32 Å². The largest absolute Gasteiger partial charge is 0.416 e. The van der Waals surface area contributed by atoms with E-state index in [-0.39, 0.29) is 11.6 Å². The highest BCUT2D eigenvalue weighted by Gasteiger charge is 2.30. The van der Waals surface area contributed by atoms with Gasteiger partial charge in [-0.25, -0.2) is 0 Å². The summed E-state index contributed by atoms with van der Waals surface area (Å²) in [6.07, 6.45) is -3.11. The second kappa shape index (κ2) is 7.82. The fourth-order valence-electron chi connectivity index (χ4n) is 1.77. The van der Waals surface area contributed by atoms with Crippen molar-refractivity contribution in [1.29, 1.82) is 0 Å². The highest BCUT2D eigenvalue weighted by molar-refractivity contribution is 6.03. The van der Waals surface area contributed by atoms with Crippen LogP contribution in [0, 0.1) is 0 Å². The van der Waals surface area contributed by atoms with Gasteiger partial charge in [0.1, 0.15) is 6.42 Å². The maximum atomic E-state index is 12.6. The summed E-state index contributed by atoms with van der Waals surface area (Å²) in [5, 5.41) is 2.31.